The van der Waals surface area contributed by atoms with E-state index in [0.29, 0.717) is 48.2 Å². The van der Waals surface area contributed by atoms with Gasteiger partial charge in [0.1, 0.15) is 0 Å². The second-order valence-electron chi connectivity index (χ2n) is 7.24. The molecule has 1 fully saturated rings. The zero-order valence-corrected chi connectivity index (χ0v) is 17.0. The Morgan fingerprint density at radius 1 is 1.10 bits per heavy atom. The summed E-state index contributed by atoms with van der Waals surface area (Å²) in [6.07, 6.45) is 0.880. The number of fused-ring (bicyclic) bond motifs is 1. The summed E-state index contributed by atoms with van der Waals surface area (Å²) in [6.45, 7) is 1.13. The third-order valence-electron chi connectivity index (χ3n) is 5.34. The standard InChI is InChI=1S/C22H24N2O6/c1-27-17-5-3-14(9-19(17)28-2)7-8-24-12-15(10-21(24)25)22(26)23-16-4-6-18-20(11-16)30-13-29-18/h3-6,9,11,15H,7-8,10,12-13H2,1-2H3,(H,23,26)/t15-/m1/s1. The molecule has 2 amide bonds. The third kappa shape index (κ3) is 4.12. The first-order valence-corrected chi connectivity index (χ1v) is 9.76. The van der Waals surface area contributed by atoms with E-state index in [9.17, 15) is 9.59 Å². The molecule has 2 aromatic rings. The Bertz CT molecular complexity index is 961. The quantitative estimate of drug-likeness (QED) is 0.752. The molecule has 30 heavy (non-hydrogen) atoms. The number of ether oxygens (including phenoxy) is 4. The number of nitrogens with one attached hydrogen (secondary N) is 1. The van der Waals surface area contributed by atoms with Gasteiger partial charge in [0.15, 0.2) is 23.0 Å². The molecule has 2 aliphatic heterocycles. The van der Waals surface area contributed by atoms with Gasteiger partial charge in [0.25, 0.3) is 0 Å². The van der Waals surface area contributed by atoms with Crippen molar-refractivity contribution in [3.8, 4) is 23.0 Å². The van der Waals surface area contributed by atoms with E-state index < -0.39 is 0 Å². The number of anilines is 1. The lowest BCUT2D eigenvalue weighted by atomic mass is 10.1. The van der Waals surface area contributed by atoms with Gasteiger partial charge in [-0.1, -0.05) is 6.07 Å². The molecule has 158 valence electrons. The minimum atomic E-state index is -0.381. The van der Waals surface area contributed by atoms with Crippen LogP contribution in [-0.4, -0.2) is 50.8 Å². The Labute approximate surface area is 174 Å². The monoisotopic (exact) mass is 412 g/mol. The van der Waals surface area contributed by atoms with Crippen molar-refractivity contribution in [2.24, 2.45) is 5.92 Å². The first-order valence-electron chi connectivity index (χ1n) is 9.76. The van der Waals surface area contributed by atoms with Crippen LogP contribution in [0.1, 0.15) is 12.0 Å². The van der Waals surface area contributed by atoms with Crippen LogP contribution < -0.4 is 24.3 Å². The maximum Gasteiger partial charge on any atom is 0.231 e. The number of carbonyl (C=O) groups excluding carboxylic acids is 2. The van der Waals surface area contributed by atoms with E-state index in [1.165, 1.54) is 0 Å². The molecule has 2 aromatic carbocycles. The Balaban J connectivity index is 1.33. The zero-order chi connectivity index (χ0) is 21.1. The summed E-state index contributed by atoms with van der Waals surface area (Å²) >= 11 is 0. The predicted octanol–water partition coefficient (Wildman–Crippen LogP) is 2.46. The molecule has 4 rings (SSSR count). The van der Waals surface area contributed by atoms with Crippen LogP contribution in [-0.2, 0) is 16.0 Å². The normalized spacial score (nSPS) is 17.2. The molecule has 2 heterocycles. The van der Waals surface area contributed by atoms with Crippen LogP contribution in [0.15, 0.2) is 36.4 Å². The van der Waals surface area contributed by atoms with Crippen molar-refractivity contribution >= 4 is 17.5 Å². The van der Waals surface area contributed by atoms with E-state index in [2.05, 4.69) is 5.32 Å². The molecule has 0 unspecified atom stereocenters. The van der Waals surface area contributed by atoms with Crippen LogP contribution in [0.5, 0.6) is 23.0 Å². The van der Waals surface area contributed by atoms with Crippen LogP contribution in [0.4, 0.5) is 5.69 Å². The third-order valence-corrected chi connectivity index (χ3v) is 5.34. The number of hydrogen-bond donors (Lipinski definition) is 1. The summed E-state index contributed by atoms with van der Waals surface area (Å²) in [5.74, 6) is 2.02. The van der Waals surface area contributed by atoms with Crippen LogP contribution >= 0.6 is 0 Å². The van der Waals surface area contributed by atoms with E-state index in [0.717, 1.165) is 5.56 Å². The average molecular weight is 412 g/mol. The second kappa shape index (κ2) is 8.52. The molecule has 2 aliphatic rings. The lowest BCUT2D eigenvalue weighted by molar-refractivity contribution is -0.128. The summed E-state index contributed by atoms with van der Waals surface area (Å²) in [5.41, 5.74) is 1.66. The summed E-state index contributed by atoms with van der Waals surface area (Å²) in [7, 11) is 3.18. The molecule has 0 aromatic heterocycles. The van der Waals surface area contributed by atoms with Gasteiger partial charge in [-0.25, -0.2) is 0 Å². The fourth-order valence-corrected chi connectivity index (χ4v) is 3.68. The topological polar surface area (TPSA) is 86.3 Å². The van der Waals surface area contributed by atoms with Gasteiger partial charge in [-0.3, -0.25) is 9.59 Å². The first-order chi connectivity index (χ1) is 14.6. The molecule has 1 N–H and O–H groups in total. The van der Waals surface area contributed by atoms with Gasteiger partial charge in [-0.05, 0) is 36.2 Å². The maximum absolute atomic E-state index is 12.6. The maximum atomic E-state index is 12.6. The Kier molecular flexibility index (Phi) is 5.65. The molecule has 0 aliphatic carbocycles. The van der Waals surface area contributed by atoms with Gasteiger partial charge in [0.2, 0.25) is 18.6 Å². The summed E-state index contributed by atoms with van der Waals surface area (Å²) in [6, 6.07) is 11.0. The van der Waals surface area contributed by atoms with Gasteiger partial charge in [0.05, 0.1) is 20.1 Å². The van der Waals surface area contributed by atoms with Crippen LogP contribution in [0.25, 0.3) is 0 Å². The van der Waals surface area contributed by atoms with Crippen molar-refractivity contribution in [2.45, 2.75) is 12.8 Å². The highest BCUT2D eigenvalue weighted by Gasteiger charge is 2.34. The van der Waals surface area contributed by atoms with Gasteiger partial charge in [-0.15, -0.1) is 0 Å². The number of benzene rings is 2. The minimum absolute atomic E-state index is 0.0127. The predicted molar refractivity (Wildman–Crippen MR) is 109 cm³/mol. The van der Waals surface area contributed by atoms with Gasteiger partial charge in [0, 0.05) is 31.3 Å². The number of carbonyl (C=O) groups is 2. The molecular weight excluding hydrogens is 388 g/mol. The number of likely N-dealkylation sites (tertiary alicyclic amines) is 1. The number of hydrogen-bond acceptors (Lipinski definition) is 6. The molecule has 0 radical (unpaired) electrons. The van der Waals surface area contributed by atoms with Crippen molar-refractivity contribution in [1.29, 1.82) is 0 Å². The van der Waals surface area contributed by atoms with Crippen LogP contribution in [0, 0.1) is 5.92 Å². The smallest absolute Gasteiger partial charge is 0.231 e. The molecule has 1 saturated heterocycles. The Hall–Kier alpha value is -3.42. The minimum Gasteiger partial charge on any atom is -0.493 e. The molecule has 0 saturated carbocycles. The number of amides is 2. The second-order valence-corrected chi connectivity index (χ2v) is 7.24. The van der Waals surface area contributed by atoms with Crippen LogP contribution in [0.2, 0.25) is 0 Å². The molecule has 0 spiro atoms. The van der Waals surface area contributed by atoms with Crippen molar-refractivity contribution in [1.82, 2.24) is 4.90 Å². The van der Waals surface area contributed by atoms with Gasteiger partial charge < -0.3 is 29.2 Å². The summed E-state index contributed by atoms with van der Waals surface area (Å²) in [4.78, 5) is 26.8. The van der Waals surface area contributed by atoms with Crippen LogP contribution in [0.3, 0.4) is 0 Å². The highest BCUT2D eigenvalue weighted by atomic mass is 16.7. The highest BCUT2D eigenvalue weighted by molar-refractivity contribution is 5.97. The summed E-state index contributed by atoms with van der Waals surface area (Å²) < 4.78 is 21.2. The van der Waals surface area contributed by atoms with Crippen molar-refractivity contribution in [3.05, 3.63) is 42.0 Å². The van der Waals surface area contributed by atoms with Crippen molar-refractivity contribution < 1.29 is 28.5 Å². The zero-order valence-electron chi connectivity index (χ0n) is 17.0. The highest BCUT2D eigenvalue weighted by Crippen LogP contribution is 2.34. The Morgan fingerprint density at radius 3 is 2.70 bits per heavy atom. The number of nitrogens with zero attached hydrogens (tertiary/aromatic N) is 1. The Morgan fingerprint density at radius 2 is 1.90 bits per heavy atom. The van der Waals surface area contributed by atoms with E-state index in [4.69, 9.17) is 18.9 Å². The van der Waals surface area contributed by atoms with Gasteiger partial charge >= 0.3 is 0 Å². The van der Waals surface area contributed by atoms with E-state index in [1.807, 2.05) is 18.2 Å². The van der Waals surface area contributed by atoms with Crippen molar-refractivity contribution in [3.63, 3.8) is 0 Å². The van der Waals surface area contributed by atoms with Crippen molar-refractivity contribution in [2.75, 3.05) is 39.4 Å². The molecule has 0 bridgehead atoms. The molecule has 1 atom stereocenters. The average Bonchev–Trinajstić information content (AvgIpc) is 3.38. The molecule has 8 nitrogen and oxygen atoms in total. The van der Waals surface area contributed by atoms with E-state index in [-0.39, 0.29) is 30.9 Å². The summed E-state index contributed by atoms with van der Waals surface area (Å²) in [5, 5.41) is 2.87. The lowest BCUT2D eigenvalue weighted by Crippen LogP contribution is -2.30. The number of rotatable bonds is 7. The molecular formula is C22H24N2O6. The fourth-order valence-electron chi connectivity index (χ4n) is 3.68. The van der Waals surface area contributed by atoms with E-state index in [1.54, 1.807) is 37.3 Å². The first kappa shape index (κ1) is 19.9. The van der Waals surface area contributed by atoms with Gasteiger partial charge in [-0.2, -0.15) is 0 Å². The molecule has 8 heteroatoms. The number of methoxy groups -OCH3 is 2. The largest absolute Gasteiger partial charge is 0.493 e. The fraction of sp³-hybridized carbons (Fsp3) is 0.364. The lowest BCUT2D eigenvalue weighted by Gasteiger charge is -2.17. The van der Waals surface area contributed by atoms with E-state index >= 15 is 0 Å². The SMILES string of the molecule is COc1ccc(CCN2C[C@H](C(=O)Nc3ccc4c(c3)OCO4)CC2=O)cc1OC.